The predicted octanol–water partition coefficient (Wildman–Crippen LogP) is 2.48. The number of ether oxygens (including phenoxy) is 3. The van der Waals surface area contributed by atoms with Gasteiger partial charge >= 0.3 is 11.9 Å². The second-order valence-electron chi connectivity index (χ2n) is 5.42. The van der Waals surface area contributed by atoms with Gasteiger partial charge in [0.15, 0.2) is 12.2 Å². The SMILES string of the molecule is CC(=O)O[C@@H]1[C@H]2CSC(C(Sc3ccccc3)O2)[C@@H]1OC(C)=O. The summed E-state index contributed by atoms with van der Waals surface area (Å²) in [5.41, 5.74) is -0.141. The van der Waals surface area contributed by atoms with Crippen molar-refractivity contribution < 1.29 is 23.8 Å². The number of rotatable bonds is 4. The molecule has 0 amide bonds. The molecule has 0 N–H and O–H groups in total. The largest absolute Gasteiger partial charge is 0.457 e. The van der Waals surface area contributed by atoms with Gasteiger partial charge in [-0.25, -0.2) is 0 Å². The summed E-state index contributed by atoms with van der Waals surface area (Å²) in [6.45, 7) is 2.73. The molecule has 2 bridgehead atoms. The zero-order valence-electron chi connectivity index (χ0n) is 12.8. The number of hydrogen-bond donors (Lipinski definition) is 0. The zero-order chi connectivity index (χ0) is 16.4. The number of hydrogen-bond acceptors (Lipinski definition) is 7. The predicted molar refractivity (Wildman–Crippen MR) is 88.3 cm³/mol. The molecule has 0 radical (unpaired) electrons. The van der Waals surface area contributed by atoms with Crippen LogP contribution in [0, 0.1) is 0 Å². The Kier molecular flexibility index (Phi) is 5.18. The summed E-state index contributed by atoms with van der Waals surface area (Å²) in [5, 5.41) is -0.0709. The van der Waals surface area contributed by atoms with Crippen LogP contribution in [0.1, 0.15) is 13.8 Å². The molecular weight excluding hydrogens is 336 g/mol. The average molecular weight is 354 g/mol. The van der Waals surface area contributed by atoms with Crippen LogP contribution in [-0.4, -0.2) is 46.7 Å². The lowest BCUT2D eigenvalue weighted by Crippen LogP contribution is -2.62. The summed E-state index contributed by atoms with van der Waals surface area (Å²) < 4.78 is 16.9. The molecule has 0 aliphatic carbocycles. The van der Waals surface area contributed by atoms with Crippen molar-refractivity contribution in [2.24, 2.45) is 0 Å². The number of thioether (sulfide) groups is 2. The number of carbonyl (C=O) groups excluding carboxylic acids is 2. The minimum Gasteiger partial charge on any atom is -0.457 e. The maximum Gasteiger partial charge on any atom is 0.303 e. The van der Waals surface area contributed by atoms with E-state index in [9.17, 15) is 9.59 Å². The van der Waals surface area contributed by atoms with E-state index in [2.05, 4.69) is 0 Å². The molecule has 3 aliphatic rings. The Morgan fingerprint density at radius 1 is 1.13 bits per heavy atom. The maximum atomic E-state index is 11.5. The van der Waals surface area contributed by atoms with Crippen LogP contribution < -0.4 is 0 Å². The van der Waals surface area contributed by atoms with Crippen molar-refractivity contribution in [2.45, 2.75) is 47.7 Å². The van der Waals surface area contributed by atoms with Crippen LogP contribution in [0.5, 0.6) is 0 Å². The van der Waals surface area contributed by atoms with E-state index >= 15 is 0 Å². The molecule has 1 aromatic carbocycles. The topological polar surface area (TPSA) is 61.8 Å². The fourth-order valence-corrected chi connectivity index (χ4v) is 5.56. The van der Waals surface area contributed by atoms with Gasteiger partial charge in [-0.05, 0) is 12.1 Å². The summed E-state index contributed by atoms with van der Waals surface area (Å²) in [6.07, 6.45) is -1.27. The van der Waals surface area contributed by atoms with Crippen molar-refractivity contribution >= 4 is 35.5 Å². The van der Waals surface area contributed by atoms with Gasteiger partial charge in [-0.1, -0.05) is 30.0 Å². The van der Waals surface area contributed by atoms with Crippen LogP contribution in [-0.2, 0) is 23.8 Å². The smallest absolute Gasteiger partial charge is 0.303 e. The first-order valence-corrected chi connectivity index (χ1v) is 9.30. The van der Waals surface area contributed by atoms with Gasteiger partial charge in [-0.15, -0.1) is 11.8 Å². The van der Waals surface area contributed by atoms with Gasteiger partial charge in [0.1, 0.15) is 11.5 Å². The maximum absolute atomic E-state index is 11.5. The fourth-order valence-electron chi connectivity index (χ4n) is 2.78. The Bertz CT molecular complexity index is 579. The van der Waals surface area contributed by atoms with Crippen molar-refractivity contribution in [2.75, 3.05) is 5.75 Å². The van der Waals surface area contributed by atoms with E-state index in [0.717, 1.165) is 10.6 Å². The number of esters is 2. The lowest BCUT2D eigenvalue weighted by atomic mass is 10.0. The Balaban J connectivity index is 1.78. The van der Waals surface area contributed by atoms with Crippen LogP contribution in [0.15, 0.2) is 35.2 Å². The second-order valence-corrected chi connectivity index (χ2v) is 7.80. The summed E-state index contributed by atoms with van der Waals surface area (Å²) in [6, 6.07) is 9.95. The van der Waals surface area contributed by atoms with Crippen LogP contribution in [0.4, 0.5) is 0 Å². The molecule has 4 rings (SSSR count). The molecule has 5 nitrogen and oxygen atoms in total. The van der Waals surface area contributed by atoms with Crippen LogP contribution in [0.25, 0.3) is 0 Å². The molecular formula is C16H18O5S2. The number of fused-ring (bicyclic) bond motifs is 3. The van der Waals surface area contributed by atoms with Crippen molar-refractivity contribution in [1.29, 1.82) is 0 Å². The molecule has 3 fully saturated rings. The summed E-state index contributed by atoms with van der Waals surface area (Å²) in [5.74, 6) is -0.0315. The summed E-state index contributed by atoms with van der Waals surface area (Å²) in [4.78, 5) is 23.9. The van der Waals surface area contributed by atoms with E-state index in [-0.39, 0.29) is 28.7 Å². The van der Waals surface area contributed by atoms with Crippen LogP contribution in [0.2, 0.25) is 0 Å². The quantitative estimate of drug-likeness (QED) is 0.770. The zero-order valence-corrected chi connectivity index (χ0v) is 14.5. The molecule has 3 saturated heterocycles. The molecule has 7 heteroatoms. The van der Waals surface area contributed by atoms with E-state index in [4.69, 9.17) is 14.2 Å². The summed E-state index contributed by atoms with van der Waals surface area (Å²) in [7, 11) is 0. The van der Waals surface area contributed by atoms with E-state index < -0.39 is 12.2 Å². The van der Waals surface area contributed by atoms with E-state index in [1.807, 2.05) is 30.3 Å². The molecule has 3 aliphatic heterocycles. The molecule has 2 unspecified atom stereocenters. The first kappa shape index (κ1) is 16.7. The first-order valence-electron chi connectivity index (χ1n) is 7.38. The Hall–Kier alpha value is -1.18. The minimum atomic E-state index is -0.532. The number of carbonyl (C=O) groups is 2. The van der Waals surface area contributed by atoms with Gasteiger partial charge < -0.3 is 14.2 Å². The van der Waals surface area contributed by atoms with Gasteiger partial charge in [0, 0.05) is 24.5 Å². The molecule has 0 aromatic heterocycles. The van der Waals surface area contributed by atoms with Gasteiger partial charge in [0.2, 0.25) is 0 Å². The van der Waals surface area contributed by atoms with Crippen molar-refractivity contribution in [3.8, 4) is 0 Å². The van der Waals surface area contributed by atoms with E-state index in [0.29, 0.717) is 0 Å². The van der Waals surface area contributed by atoms with Crippen molar-refractivity contribution in [3.63, 3.8) is 0 Å². The molecule has 0 saturated carbocycles. The Morgan fingerprint density at radius 2 is 1.78 bits per heavy atom. The molecule has 5 atom stereocenters. The Labute approximate surface area is 143 Å². The van der Waals surface area contributed by atoms with Crippen molar-refractivity contribution in [3.05, 3.63) is 30.3 Å². The highest BCUT2D eigenvalue weighted by Crippen LogP contribution is 2.46. The van der Waals surface area contributed by atoms with Gasteiger partial charge in [0.25, 0.3) is 0 Å². The molecule has 124 valence electrons. The molecule has 0 spiro atoms. The monoisotopic (exact) mass is 354 g/mol. The highest BCUT2D eigenvalue weighted by molar-refractivity contribution is 8.04. The third-order valence-electron chi connectivity index (χ3n) is 3.64. The highest BCUT2D eigenvalue weighted by Gasteiger charge is 2.54. The first-order chi connectivity index (χ1) is 11.0. The lowest BCUT2D eigenvalue weighted by Gasteiger charge is -2.49. The third kappa shape index (κ3) is 3.84. The normalized spacial score (nSPS) is 32.3. The van der Waals surface area contributed by atoms with Crippen LogP contribution >= 0.6 is 23.5 Å². The molecule has 23 heavy (non-hydrogen) atoms. The van der Waals surface area contributed by atoms with Gasteiger partial charge in [-0.3, -0.25) is 9.59 Å². The summed E-state index contributed by atoms with van der Waals surface area (Å²) >= 11 is 3.31. The average Bonchev–Trinajstić information content (AvgIpc) is 2.50. The third-order valence-corrected chi connectivity index (χ3v) is 6.42. The fraction of sp³-hybridized carbons (Fsp3) is 0.500. The second kappa shape index (κ2) is 7.15. The van der Waals surface area contributed by atoms with E-state index in [1.165, 1.54) is 13.8 Å². The van der Waals surface area contributed by atoms with E-state index in [1.54, 1.807) is 23.5 Å². The standard InChI is InChI=1S/C16H18O5S2/c1-9(17)19-13-12-8-22-15(14(13)20-10(2)18)16(21-12)23-11-6-4-3-5-7-11/h3-7,12-16H,8H2,1-2H3/t12-,13-,14-,15?,16?/m1/s1. The number of benzene rings is 1. The van der Waals surface area contributed by atoms with Gasteiger partial charge in [-0.2, -0.15) is 0 Å². The minimum absolute atomic E-state index is 0.0709. The Morgan fingerprint density at radius 3 is 2.43 bits per heavy atom. The van der Waals surface area contributed by atoms with Gasteiger partial charge in [0.05, 0.1) is 5.25 Å². The molecule has 1 aromatic rings. The lowest BCUT2D eigenvalue weighted by molar-refractivity contribution is -0.194. The molecule has 3 heterocycles. The van der Waals surface area contributed by atoms with Crippen molar-refractivity contribution in [1.82, 2.24) is 0 Å². The highest BCUT2D eigenvalue weighted by atomic mass is 32.2. The van der Waals surface area contributed by atoms with Crippen LogP contribution in [0.3, 0.4) is 0 Å².